The highest BCUT2D eigenvalue weighted by Crippen LogP contribution is 2.07. The Morgan fingerprint density at radius 1 is 1.32 bits per heavy atom. The minimum atomic E-state index is -0.230. The molecule has 0 saturated heterocycles. The second-order valence-electron chi connectivity index (χ2n) is 5.93. The Balaban J connectivity index is 1.97. The van der Waals surface area contributed by atoms with Crippen LogP contribution in [-0.2, 0) is 19.5 Å². The number of nitrogens with zero attached hydrogens (tertiary/aromatic N) is 4. The lowest BCUT2D eigenvalue weighted by Crippen LogP contribution is -2.43. The standard InChI is InChI=1S/C18H27FN6/c1-4-14(3)23-18(21-12-15-8-6-7-9-16(15)19)20-10-11-25-13-22-24-17(25)5-2/h6-9,13-14H,4-5,10-12H2,1-3H3,(H2,20,21,23). The van der Waals surface area contributed by atoms with E-state index in [0.717, 1.165) is 25.2 Å². The van der Waals surface area contributed by atoms with E-state index in [0.29, 0.717) is 24.6 Å². The second-order valence-corrected chi connectivity index (χ2v) is 5.93. The van der Waals surface area contributed by atoms with Crippen molar-refractivity contribution >= 4 is 5.96 Å². The van der Waals surface area contributed by atoms with E-state index in [1.807, 2.05) is 10.6 Å². The maximum atomic E-state index is 13.8. The van der Waals surface area contributed by atoms with Crippen LogP contribution in [0.1, 0.15) is 38.6 Å². The third kappa shape index (κ3) is 5.85. The monoisotopic (exact) mass is 346 g/mol. The zero-order valence-corrected chi connectivity index (χ0v) is 15.2. The van der Waals surface area contributed by atoms with Crippen LogP contribution in [0.3, 0.4) is 0 Å². The van der Waals surface area contributed by atoms with Crippen molar-refractivity contribution in [3.63, 3.8) is 0 Å². The summed E-state index contributed by atoms with van der Waals surface area (Å²) >= 11 is 0. The molecule has 0 aliphatic carbocycles. The maximum Gasteiger partial charge on any atom is 0.191 e. The highest BCUT2D eigenvalue weighted by molar-refractivity contribution is 5.80. The molecule has 1 atom stereocenters. The van der Waals surface area contributed by atoms with Crippen molar-refractivity contribution in [2.45, 2.75) is 52.7 Å². The Hall–Kier alpha value is -2.44. The topological polar surface area (TPSA) is 67.1 Å². The Bertz CT molecular complexity index is 682. The molecule has 0 saturated carbocycles. The molecule has 0 fully saturated rings. The van der Waals surface area contributed by atoms with E-state index >= 15 is 0 Å². The van der Waals surface area contributed by atoms with E-state index in [-0.39, 0.29) is 11.9 Å². The van der Waals surface area contributed by atoms with Gasteiger partial charge in [-0.2, -0.15) is 0 Å². The molecule has 25 heavy (non-hydrogen) atoms. The first-order chi connectivity index (χ1) is 12.1. The molecule has 2 N–H and O–H groups in total. The lowest BCUT2D eigenvalue weighted by atomic mass is 10.2. The van der Waals surface area contributed by atoms with Gasteiger partial charge in [-0.25, -0.2) is 9.38 Å². The van der Waals surface area contributed by atoms with Gasteiger partial charge < -0.3 is 15.2 Å². The summed E-state index contributed by atoms with van der Waals surface area (Å²) in [5, 5.41) is 14.7. The molecule has 0 radical (unpaired) electrons. The molecule has 2 aromatic rings. The van der Waals surface area contributed by atoms with Gasteiger partial charge in [0.2, 0.25) is 0 Å². The molecule has 6 nitrogen and oxygen atoms in total. The lowest BCUT2D eigenvalue weighted by molar-refractivity contribution is 0.594. The molecular formula is C18H27FN6. The zero-order chi connectivity index (χ0) is 18.1. The molecule has 0 aliphatic rings. The smallest absolute Gasteiger partial charge is 0.191 e. The van der Waals surface area contributed by atoms with Gasteiger partial charge in [0.05, 0.1) is 6.54 Å². The van der Waals surface area contributed by atoms with E-state index < -0.39 is 0 Å². The summed E-state index contributed by atoms with van der Waals surface area (Å²) < 4.78 is 15.8. The molecule has 0 aliphatic heterocycles. The Labute approximate surface area is 148 Å². The highest BCUT2D eigenvalue weighted by Gasteiger charge is 2.06. The largest absolute Gasteiger partial charge is 0.355 e. The van der Waals surface area contributed by atoms with Crippen molar-refractivity contribution in [1.82, 2.24) is 25.4 Å². The van der Waals surface area contributed by atoms with Crippen molar-refractivity contribution in [2.75, 3.05) is 6.54 Å². The Kier molecular flexibility index (Phi) is 7.37. The van der Waals surface area contributed by atoms with Crippen LogP contribution in [0.2, 0.25) is 0 Å². The van der Waals surface area contributed by atoms with Gasteiger partial charge in [-0.15, -0.1) is 10.2 Å². The van der Waals surface area contributed by atoms with Gasteiger partial charge in [0, 0.05) is 31.1 Å². The molecule has 1 heterocycles. The number of guanidine groups is 1. The highest BCUT2D eigenvalue weighted by atomic mass is 19.1. The fourth-order valence-electron chi connectivity index (χ4n) is 2.31. The SMILES string of the molecule is CCc1nncn1CCNC(=NCc1ccccc1F)NC(C)CC. The fourth-order valence-corrected chi connectivity index (χ4v) is 2.31. The second kappa shape index (κ2) is 9.76. The number of aryl methyl sites for hydroxylation is 1. The van der Waals surface area contributed by atoms with Crippen molar-refractivity contribution in [1.29, 1.82) is 0 Å². The molecular weight excluding hydrogens is 319 g/mol. The molecule has 136 valence electrons. The summed E-state index contributed by atoms with van der Waals surface area (Å²) in [5.41, 5.74) is 0.583. The van der Waals surface area contributed by atoms with Crippen molar-refractivity contribution in [3.05, 3.63) is 47.8 Å². The van der Waals surface area contributed by atoms with Gasteiger partial charge in [-0.05, 0) is 19.4 Å². The molecule has 1 unspecified atom stereocenters. The van der Waals surface area contributed by atoms with Crippen LogP contribution in [0.5, 0.6) is 0 Å². The van der Waals surface area contributed by atoms with E-state index in [1.54, 1.807) is 18.5 Å². The van der Waals surface area contributed by atoms with Crippen LogP contribution in [0.15, 0.2) is 35.6 Å². The summed E-state index contributed by atoms with van der Waals surface area (Å²) in [6, 6.07) is 7.00. The van der Waals surface area contributed by atoms with Crippen LogP contribution >= 0.6 is 0 Å². The average Bonchev–Trinajstić information content (AvgIpc) is 3.08. The van der Waals surface area contributed by atoms with Crippen LogP contribution < -0.4 is 10.6 Å². The lowest BCUT2D eigenvalue weighted by Gasteiger charge is -2.17. The van der Waals surface area contributed by atoms with Crippen LogP contribution in [0.4, 0.5) is 4.39 Å². The quantitative estimate of drug-likeness (QED) is 0.569. The predicted molar refractivity (Wildman–Crippen MR) is 97.8 cm³/mol. The minimum Gasteiger partial charge on any atom is -0.355 e. The summed E-state index contributed by atoms with van der Waals surface area (Å²) in [4.78, 5) is 4.52. The summed E-state index contributed by atoms with van der Waals surface area (Å²) in [5.74, 6) is 1.41. The van der Waals surface area contributed by atoms with E-state index in [1.165, 1.54) is 6.07 Å². The Morgan fingerprint density at radius 3 is 2.84 bits per heavy atom. The number of hydrogen-bond donors (Lipinski definition) is 2. The summed E-state index contributed by atoms with van der Waals surface area (Å²) in [7, 11) is 0. The molecule has 0 amide bonds. The summed E-state index contributed by atoms with van der Waals surface area (Å²) in [6.07, 6.45) is 3.56. The molecule has 1 aromatic heterocycles. The molecule has 1 aromatic carbocycles. The van der Waals surface area contributed by atoms with E-state index in [4.69, 9.17) is 0 Å². The maximum absolute atomic E-state index is 13.8. The minimum absolute atomic E-state index is 0.230. The predicted octanol–water partition coefficient (Wildman–Crippen LogP) is 2.51. The van der Waals surface area contributed by atoms with Crippen LogP contribution in [-0.4, -0.2) is 33.3 Å². The zero-order valence-electron chi connectivity index (χ0n) is 15.2. The number of hydrogen-bond acceptors (Lipinski definition) is 3. The van der Waals surface area contributed by atoms with Gasteiger partial charge in [0.15, 0.2) is 5.96 Å². The molecule has 0 bridgehead atoms. The first-order valence-electron chi connectivity index (χ1n) is 8.79. The van der Waals surface area contributed by atoms with Gasteiger partial charge in [-0.1, -0.05) is 32.0 Å². The van der Waals surface area contributed by atoms with Crippen LogP contribution in [0.25, 0.3) is 0 Å². The summed E-state index contributed by atoms with van der Waals surface area (Å²) in [6.45, 7) is 7.98. The van der Waals surface area contributed by atoms with Gasteiger partial charge in [0.1, 0.15) is 18.0 Å². The molecule has 0 spiro atoms. The number of rotatable bonds is 8. The van der Waals surface area contributed by atoms with Crippen molar-refractivity contribution in [2.24, 2.45) is 4.99 Å². The number of nitrogens with one attached hydrogen (secondary N) is 2. The first kappa shape index (κ1) is 18.9. The number of aromatic nitrogens is 3. The van der Waals surface area contributed by atoms with Crippen molar-refractivity contribution < 1.29 is 4.39 Å². The van der Waals surface area contributed by atoms with Gasteiger partial charge >= 0.3 is 0 Å². The molecule has 7 heteroatoms. The average molecular weight is 346 g/mol. The number of halogens is 1. The third-order valence-electron chi connectivity index (χ3n) is 4.02. The van der Waals surface area contributed by atoms with Crippen molar-refractivity contribution in [3.8, 4) is 0 Å². The van der Waals surface area contributed by atoms with Gasteiger partial charge in [-0.3, -0.25) is 0 Å². The number of benzene rings is 1. The normalized spacial score (nSPS) is 12.9. The Morgan fingerprint density at radius 2 is 2.12 bits per heavy atom. The van der Waals surface area contributed by atoms with Gasteiger partial charge in [0.25, 0.3) is 0 Å². The fraction of sp³-hybridized carbons (Fsp3) is 0.500. The third-order valence-corrected chi connectivity index (χ3v) is 4.02. The van der Waals surface area contributed by atoms with E-state index in [2.05, 4.69) is 46.6 Å². The molecule has 2 rings (SSSR count). The number of aliphatic imine (C=N–C) groups is 1. The van der Waals surface area contributed by atoms with E-state index in [9.17, 15) is 4.39 Å². The first-order valence-corrected chi connectivity index (χ1v) is 8.79. The van der Waals surface area contributed by atoms with Crippen LogP contribution in [0, 0.1) is 5.82 Å².